The van der Waals surface area contributed by atoms with E-state index in [1.807, 2.05) is 30.6 Å². The third-order valence-corrected chi connectivity index (χ3v) is 8.77. The van der Waals surface area contributed by atoms with Crippen LogP contribution in [0, 0.1) is 0 Å². The highest BCUT2D eigenvalue weighted by Gasteiger charge is 2.36. The lowest BCUT2D eigenvalue weighted by Gasteiger charge is -2.23. The van der Waals surface area contributed by atoms with Crippen LogP contribution in [-0.4, -0.2) is 9.97 Å². The summed E-state index contributed by atoms with van der Waals surface area (Å²) in [4.78, 5) is 9.40. The number of hydrogen-bond acceptors (Lipinski definition) is 2. The van der Waals surface area contributed by atoms with Gasteiger partial charge in [-0.25, -0.2) is 0 Å². The molecule has 0 amide bonds. The maximum atomic E-state index is 4.89. The maximum Gasteiger partial charge on any atom is 0.0886 e. The molecule has 1 aliphatic carbocycles. The predicted molar refractivity (Wildman–Crippen MR) is 171 cm³/mol. The van der Waals surface area contributed by atoms with E-state index in [4.69, 9.17) is 4.98 Å². The molecule has 41 heavy (non-hydrogen) atoms. The molecule has 7 aromatic rings. The van der Waals surface area contributed by atoms with E-state index in [0.717, 1.165) is 17.0 Å². The van der Waals surface area contributed by atoms with Gasteiger partial charge in [0, 0.05) is 23.4 Å². The first-order valence-electron chi connectivity index (χ1n) is 14.2. The fraction of sp³-hybridized carbons (Fsp3) is 0.0769. The zero-order chi connectivity index (χ0) is 27.6. The molecule has 0 bridgehead atoms. The Bertz CT molecular complexity index is 2090. The minimum Gasteiger partial charge on any atom is -0.255 e. The Hall–Kier alpha value is -5.08. The normalized spacial score (nSPS) is 13.3. The molecule has 0 fully saturated rings. The van der Waals surface area contributed by atoms with Crippen LogP contribution in [0.3, 0.4) is 0 Å². The molecular formula is C39H28N2. The predicted octanol–water partition coefficient (Wildman–Crippen LogP) is 10.1. The van der Waals surface area contributed by atoms with Crippen molar-refractivity contribution in [3.63, 3.8) is 0 Å². The molecule has 0 saturated heterocycles. The Kier molecular flexibility index (Phi) is 5.20. The summed E-state index contributed by atoms with van der Waals surface area (Å²) < 4.78 is 0. The molecule has 8 rings (SSSR count). The van der Waals surface area contributed by atoms with Gasteiger partial charge in [0.2, 0.25) is 0 Å². The Morgan fingerprint density at radius 2 is 1.12 bits per heavy atom. The van der Waals surface area contributed by atoms with Crippen molar-refractivity contribution < 1.29 is 0 Å². The van der Waals surface area contributed by atoms with E-state index in [9.17, 15) is 0 Å². The molecule has 0 atom stereocenters. The average Bonchev–Trinajstić information content (AvgIpc) is 3.25. The number of nitrogens with zero attached hydrogens (tertiary/aromatic N) is 2. The van der Waals surface area contributed by atoms with Crippen molar-refractivity contribution in [3.8, 4) is 44.8 Å². The first kappa shape index (κ1) is 23.8. The van der Waals surface area contributed by atoms with Gasteiger partial charge in [-0.15, -0.1) is 0 Å². The summed E-state index contributed by atoms with van der Waals surface area (Å²) >= 11 is 0. The summed E-state index contributed by atoms with van der Waals surface area (Å²) in [6.45, 7) is 4.71. The van der Waals surface area contributed by atoms with E-state index >= 15 is 0 Å². The highest BCUT2D eigenvalue weighted by Crippen LogP contribution is 2.53. The Balaban J connectivity index is 1.49. The monoisotopic (exact) mass is 524 g/mol. The molecule has 2 heterocycles. The second kappa shape index (κ2) is 8.97. The largest absolute Gasteiger partial charge is 0.255 e. The summed E-state index contributed by atoms with van der Waals surface area (Å²) in [5.41, 5.74) is 12.0. The molecule has 0 saturated carbocycles. The first-order valence-corrected chi connectivity index (χ1v) is 14.2. The van der Waals surface area contributed by atoms with Crippen LogP contribution in [0.5, 0.6) is 0 Å². The van der Waals surface area contributed by atoms with Crippen LogP contribution in [0.4, 0.5) is 0 Å². The molecule has 0 spiro atoms. The number of pyridine rings is 2. The average molecular weight is 525 g/mol. The van der Waals surface area contributed by atoms with Gasteiger partial charge in [0.25, 0.3) is 0 Å². The summed E-state index contributed by atoms with van der Waals surface area (Å²) in [7, 11) is 0. The Morgan fingerprint density at radius 1 is 0.463 bits per heavy atom. The van der Waals surface area contributed by atoms with Gasteiger partial charge in [-0.1, -0.05) is 105 Å². The molecule has 1 aliphatic rings. The van der Waals surface area contributed by atoms with Gasteiger partial charge in [-0.05, 0) is 90.8 Å². The Labute approximate surface area is 240 Å². The number of aromatic nitrogens is 2. The van der Waals surface area contributed by atoms with E-state index < -0.39 is 0 Å². The molecule has 0 unspecified atom stereocenters. The SMILES string of the molecule is CC1(C)c2ccccc2-c2cc3c(-c4ccccc4)c4ccccc4c(-c4ccc(-c5ccccn5)nc4)c3cc21. The fourth-order valence-electron chi connectivity index (χ4n) is 6.81. The maximum absolute atomic E-state index is 4.89. The van der Waals surface area contributed by atoms with Crippen molar-refractivity contribution in [1.82, 2.24) is 9.97 Å². The van der Waals surface area contributed by atoms with Crippen molar-refractivity contribution in [2.75, 3.05) is 0 Å². The van der Waals surface area contributed by atoms with Crippen LogP contribution in [0.1, 0.15) is 25.0 Å². The van der Waals surface area contributed by atoms with Gasteiger partial charge in [-0.2, -0.15) is 0 Å². The van der Waals surface area contributed by atoms with E-state index in [1.165, 1.54) is 60.5 Å². The lowest BCUT2D eigenvalue weighted by molar-refractivity contribution is 0.661. The fourth-order valence-corrected chi connectivity index (χ4v) is 6.81. The number of fused-ring (bicyclic) bond motifs is 5. The van der Waals surface area contributed by atoms with Gasteiger partial charge in [0.1, 0.15) is 0 Å². The van der Waals surface area contributed by atoms with E-state index in [2.05, 4.69) is 122 Å². The van der Waals surface area contributed by atoms with Crippen LogP contribution >= 0.6 is 0 Å². The second-order valence-electron chi connectivity index (χ2n) is 11.4. The minimum atomic E-state index is -0.0863. The zero-order valence-corrected chi connectivity index (χ0v) is 23.1. The van der Waals surface area contributed by atoms with Crippen LogP contribution in [0.15, 0.2) is 134 Å². The van der Waals surface area contributed by atoms with Crippen molar-refractivity contribution in [2.24, 2.45) is 0 Å². The first-order chi connectivity index (χ1) is 20.1. The molecule has 2 heteroatoms. The van der Waals surface area contributed by atoms with Crippen LogP contribution in [-0.2, 0) is 5.41 Å². The van der Waals surface area contributed by atoms with E-state index in [0.29, 0.717) is 0 Å². The second-order valence-corrected chi connectivity index (χ2v) is 11.4. The smallest absolute Gasteiger partial charge is 0.0886 e. The highest BCUT2D eigenvalue weighted by atomic mass is 14.8. The highest BCUT2D eigenvalue weighted by molar-refractivity contribution is 6.22. The van der Waals surface area contributed by atoms with E-state index in [1.54, 1.807) is 0 Å². The standard InChI is InChI=1S/C39H28N2/c1-39(2)33-17-9-8-14-27(33)30-22-31-32(23-34(30)39)38(26-19-20-36(41-24-26)35-18-10-11-21-40-35)29-16-7-6-15-28(29)37(31)25-12-4-3-5-13-25/h3-24H,1-2H3. The lowest BCUT2D eigenvalue weighted by atomic mass is 9.79. The van der Waals surface area contributed by atoms with Crippen molar-refractivity contribution in [3.05, 3.63) is 145 Å². The topological polar surface area (TPSA) is 25.8 Å². The third kappa shape index (κ3) is 3.57. The number of benzene rings is 5. The molecule has 0 aliphatic heterocycles. The minimum absolute atomic E-state index is 0.0863. The molecular weight excluding hydrogens is 496 g/mol. The molecule has 0 N–H and O–H groups in total. The molecule has 194 valence electrons. The van der Waals surface area contributed by atoms with Gasteiger partial charge in [-0.3, -0.25) is 9.97 Å². The third-order valence-electron chi connectivity index (χ3n) is 8.77. The van der Waals surface area contributed by atoms with Gasteiger partial charge in [0.15, 0.2) is 0 Å². The molecule has 2 nitrogen and oxygen atoms in total. The van der Waals surface area contributed by atoms with Gasteiger partial charge < -0.3 is 0 Å². The van der Waals surface area contributed by atoms with Gasteiger partial charge in [0.05, 0.1) is 11.4 Å². The molecule has 2 aromatic heterocycles. The zero-order valence-electron chi connectivity index (χ0n) is 23.1. The summed E-state index contributed by atoms with van der Waals surface area (Å²) in [5.74, 6) is 0. The van der Waals surface area contributed by atoms with Gasteiger partial charge >= 0.3 is 0 Å². The number of rotatable bonds is 3. The summed E-state index contributed by atoms with van der Waals surface area (Å²) in [5, 5.41) is 5.01. The Morgan fingerprint density at radius 3 is 1.85 bits per heavy atom. The number of hydrogen-bond donors (Lipinski definition) is 0. The van der Waals surface area contributed by atoms with Crippen LogP contribution in [0.2, 0.25) is 0 Å². The van der Waals surface area contributed by atoms with Crippen molar-refractivity contribution in [1.29, 1.82) is 0 Å². The molecule has 5 aromatic carbocycles. The van der Waals surface area contributed by atoms with Crippen molar-refractivity contribution in [2.45, 2.75) is 19.3 Å². The summed E-state index contributed by atoms with van der Waals surface area (Å²) in [6.07, 6.45) is 3.83. The van der Waals surface area contributed by atoms with Crippen LogP contribution in [0.25, 0.3) is 66.3 Å². The summed E-state index contributed by atoms with van der Waals surface area (Å²) in [6, 6.07) is 43.7. The quantitative estimate of drug-likeness (QED) is 0.215. The lowest BCUT2D eigenvalue weighted by Crippen LogP contribution is -2.14. The van der Waals surface area contributed by atoms with Crippen LogP contribution < -0.4 is 0 Å². The molecule has 0 radical (unpaired) electrons. The van der Waals surface area contributed by atoms with Crippen molar-refractivity contribution >= 4 is 21.5 Å². The van der Waals surface area contributed by atoms with E-state index in [-0.39, 0.29) is 5.41 Å².